The number of nitrogens with zero attached hydrogens (tertiary/aromatic N) is 1. The van der Waals surface area contributed by atoms with Gasteiger partial charge in [-0.3, -0.25) is 4.79 Å². The fourth-order valence-corrected chi connectivity index (χ4v) is 1.97. The Labute approximate surface area is 100 Å². The molecule has 0 saturated heterocycles. The number of rotatable bonds is 4. The summed E-state index contributed by atoms with van der Waals surface area (Å²) in [6.45, 7) is 3.66. The number of carboxylic acids is 1. The maximum atomic E-state index is 11.4. The van der Waals surface area contributed by atoms with Crippen molar-refractivity contribution >= 4 is 11.9 Å². The van der Waals surface area contributed by atoms with Gasteiger partial charge in [-0.05, 0) is 12.1 Å². The molecular formula is C12H17NO4. The van der Waals surface area contributed by atoms with Crippen molar-refractivity contribution in [2.24, 2.45) is 7.05 Å². The predicted octanol–water partition coefficient (Wildman–Crippen LogP) is 1.56. The zero-order chi connectivity index (χ0) is 13.2. The lowest BCUT2D eigenvalue weighted by molar-refractivity contribution is -0.138. The molecule has 0 saturated carbocycles. The summed E-state index contributed by atoms with van der Waals surface area (Å²) >= 11 is 0. The minimum atomic E-state index is -0.865. The predicted molar refractivity (Wildman–Crippen MR) is 62.0 cm³/mol. The van der Waals surface area contributed by atoms with Gasteiger partial charge in [0.25, 0.3) is 0 Å². The Morgan fingerprint density at radius 3 is 2.47 bits per heavy atom. The minimum absolute atomic E-state index is 0.00542. The van der Waals surface area contributed by atoms with Crippen LogP contribution in [0.2, 0.25) is 0 Å². The highest BCUT2D eigenvalue weighted by Crippen LogP contribution is 2.28. The van der Waals surface area contributed by atoms with E-state index in [2.05, 4.69) is 4.74 Å². The van der Waals surface area contributed by atoms with Gasteiger partial charge in [0.05, 0.1) is 13.5 Å². The van der Waals surface area contributed by atoms with Crippen molar-refractivity contribution in [3.8, 4) is 0 Å². The average Bonchev–Trinajstić information content (AvgIpc) is 2.57. The summed E-state index contributed by atoms with van der Waals surface area (Å²) < 4.78 is 6.32. The fourth-order valence-electron chi connectivity index (χ4n) is 1.97. The molecular weight excluding hydrogens is 222 g/mol. The molecule has 0 aliphatic rings. The molecule has 0 aromatic carbocycles. The number of hydrogen-bond donors (Lipinski definition) is 1. The first-order valence-electron chi connectivity index (χ1n) is 5.26. The quantitative estimate of drug-likeness (QED) is 0.810. The highest BCUT2D eigenvalue weighted by molar-refractivity contribution is 5.87. The van der Waals surface area contributed by atoms with E-state index in [1.807, 2.05) is 13.8 Å². The largest absolute Gasteiger partial charge is 0.481 e. The van der Waals surface area contributed by atoms with Gasteiger partial charge in [-0.25, -0.2) is 4.79 Å². The van der Waals surface area contributed by atoms with Crippen molar-refractivity contribution in [1.29, 1.82) is 0 Å². The summed E-state index contributed by atoms with van der Waals surface area (Å²) in [7, 11) is 3.04. The van der Waals surface area contributed by atoms with Crippen molar-refractivity contribution in [1.82, 2.24) is 4.57 Å². The van der Waals surface area contributed by atoms with E-state index in [1.165, 1.54) is 7.11 Å². The molecule has 0 aliphatic carbocycles. The zero-order valence-electron chi connectivity index (χ0n) is 10.5. The van der Waals surface area contributed by atoms with Gasteiger partial charge in [0.15, 0.2) is 0 Å². The molecule has 94 valence electrons. The molecule has 17 heavy (non-hydrogen) atoms. The first kappa shape index (κ1) is 13.3. The number of carbonyl (C=O) groups excluding carboxylic acids is 1. The summed E-state index contributed by atoms with van der Waals surface area (Å²) in [5.41, 5.74) is 0.675. The van der Waals surface area contributed by atoms with Crippen LogP contribution in [0.25, 0.3) is 0 Å². The lowest BCUT2D eigenvalue weighted by atomic mass is 9.85. The smallest absolute Gasteiger partial charge is 0.354 e. The third-order valence-corrected chi connectivity index (χ3v) is 2.80. The number of ether oxygens (including phenoxy) is 1. The van der Waals surface area contributed by atoms with E-state index < -0.39 is 17.4 Å². The number of carbonyl (C=O) groups is 2. The first-order chi connectivity index (χ1) is 7.79. The van der Waals surface area contributed by atoms with E-state index >= 15 is 0 Å². The number of carboxylic acid groups (broad SMARTS) is 1. The van der Waals surface area contributed by atoms with E-state index in [0.717, 1.165) is 5.69 Å². The molecule has 1 aromatic heterocycles. The summed E-state index contributed by atoms with van der Waals surface area (Å²) in [5.74, 6) is -1.29. The molecule has 0 fully saturated rings. The molecule has 5 nitrogen and oxygen atoms in total. The highest BCUT2D eigenvalue weighted by atomic mass is 16.5. The van der Waals surface area contributed by atoms with Gasteiger partial charge in [-0.1, -0.05) is 13.8 Å². The SMILES string of the molecule is COC(=O)c1ccc(C(C)(C)CC(=O)O)n1C. The number of aromatic nitrogens is 1. The Hall–Kier alpha value is -1.78. The van der Waals surface area contributed by atoms with E-state index in [4.69, 9.17) is 5.11 Å². The number of aliphatic carboxylic acids is 1. The second-order valence-electron chi connectivity index (χ2n) is 4.61. The Morgan fingerprint density at radius 2 is 2.00 bits per heavy atom. The number of methoxy groups -OCH3 is 1. The lowest BCUT2D eigenvalue weighted by Crippen LogP contribution is -2.25. The Morgan fingerprint density at radius 1 is 1.41 bits per heavy atom. The molecule has 0 spiro atoms. The molecule has 0 bridgehead atoms. The molecule has 0 aliphatic heterocycles. The van der Waals surface area contributed by atoms with Crippen LogP contribution in [-0.2, 0) is 22.0 Å². The van der Waals surface area contributed by atoms with Crippen molar-refractivity contribution in [3.05, 3.63) is 23.5 Å². The van der Waals surface area contributed by atoms with Gasteiger partial charge in [0, 0.05) is 18.2 Å². The van der Waals surface area contributed by atoms with Gasteiger partial charge in [0.1, 0.15) is 5.69 Å². The third kappa shape index (κ3) is 2.67. The maximum absolute atomic E-state index is 11.4. The van der Waals surface area contributed by atoms with Crippen LogP contribution in [0, 0.1) is 0 Å². The van der Waals surface area contributed by atoms with Gasteiger partial charge in [0.2, 0.25) is 0 Å². The molecule has 0 unspecified atom stereocenters. The van der Waals surface area contributed by atoms with Crippen LogP contribution in [0.4, 0.5) is 0 Å². The van der Waals surface area contributed by atoms with Crippen LogP contribution in [-0.4, -0.2) is 28.7 Å². The van der Waals surface area contributed by atoms with Crippen LogP contribution in [0.15, 0.2) is 12.1 Å². The number of hydrogen-bond acceptors (Lipinski definition) is 3. The normalized spacial score (nSPS) is 11.3. The topological polar surface area (TPSA) is 68.5 Å². The van der Waals surface area contributed by atoms with Crippen molar-refractivity contribution in [2.45, 2.75) is 25.7 Å². The van der Waals surface area contributed by atoms with Crippen LogP contribution >= 0.6 is 0 Å². The van der Waals surface area contributed by atoms with E-state index in [-0.39, 0.29) is 6.42 Å². The van der Waals surface area contributed by atoms with E-state index in [0.29, 0.717) is 5.69 Å². The zero-order valence-corrected chi connectivity index (χ0v) is 10.5. The van der Waals surface area contributed by atoms with Gasteiger partial charge >= 0.3 is 11.9 Å². The van der Waals surface area contributed by atoms with Crippen molar-refractivity contribution < 1.29 is 19.4 Å². The van der Waals surface area contributed by atoms with Crippen LogP contribution in [0.5, 0.6) is 0 Å². The second-order valence-corrected chi connectivity index (χ2v) is 4.61. The fraction of sp³-hybridized carbons (Fsp3) is 0.500. The minimum Gasteiger partial charge on any atom is -0.481 e. The second kappa shape index (κ2) is 4.61. The summed E-state index contributed by atoms with van der Waals surface area (Å²) in [4.78, 5) is 22.2. The van der Waals surface area contributed by atoms with Crippen LogP contribution in [0.1, 0.15) is 36.5 Å². The van der Waals surface area contributed by atoms with Crippen LogP contribution < -0.4 is 0 Å². The van der Waals surface area contributed by atoms with Gasteiger partial charge in [-0.2, -0.15) is 0 Å². The highest BCUT2D eigenvalue weighted by Gasteiger charge is 2.28. The van der Waals surface area contributed by atoms with E-state index in [1.54, 1.807) is 23.7 Å². The maximum Gasteiger partial charge on any atom is 0.354 e. The molecule has 0 amide bonds. The van der Waals surface area contributed by atoms with E-state index in [9.17, 15) is 9.59 Å². The number of esters is 1. The average molecular weight is 239 g/mol. The Bertz CT molecular complexity index is 445. The van der Waals surface area contributed by atoms with Gasteiger partial charge in [-0.15, -0.1) is 0 Å². The van der Waals surface area contributed by atoms with Crippen molar-refractivity contribution in [3.63, 3.8) is 0 Å². The molecule has 1 rings (SSSR count). The summed E-state index contributed by atoms with van der Waals surface area (Å²) in [6.07, 6.45) is 0.00542. The molecule has 0 radical (unpaired) electrons. The molecule has 0 atom stereocenters. The standard InChI is InChI=1S/C12H17NO4/c1-12(2,7-10(14)15)9-6-5-8(13(9)3)11(16)17-4/h5-6H,7H2,1-4H3,(H,14,15). The summed E-state index contributed by atoms with van der Waals surface area (Å²) in [6, 6.07) is 3.40. The Kier molecular flexibility index (Phi) is 3.60. The molecule has 1 aromatic rings. The van der Waals surface area contributed by atoms with Crippen molar-refractivity contribution in [2.75, 3.05) is 7.11 Å². The van der Waals surface area contributed by atoms with Crippen LogP contribution in [0.3, 0.4) is 0 Å². The first-order valence-corrected chi connectivity index (χ1v) is 5.26. The summed E-state index contributed by atoms with van der Waals surface area (Å²) in [5, 5.41) is 8.86. The molecule has 1 N–H and O–H groups in total. The lowest BCUT2D eigenvalue weighted by Gasteiger charge is -2.23. The molecule has 5 heteroatoms. The van der Waals surface area contributed by atoms with Gasteiger partial charge < -0.3 is 14.4 Å². The molecule has 1 heterocycles. The third-order valence-electron chi connectivity index (χ3n) is 2.80. The Balaban J connectivity index is 3.12. The monoisotopic (exact) mass is 239 g/mol.